The lowest BCUT2D eigenvalue weighted by atomic mass is 10.0. The summed E-state index contributed by atoms with van der Waals surface area (Å²) in [5.41, 5.74) is 4.63. The van der Waals surface area contributed by atoms with Crippen molar-refractivity contribution < 1.29 is 0 Å². The number of anilines is 1. The van der Waals surface area contributed by atoms with E-state index in [1.807, 2.05) is 26.0 Å². The van der Waals surface area contributed by atoms with Gasteiger partial charge in [0.15, 0.2) is 5.82 Å². The second kappa shape index (κ2) is 5.70. The minimum absolute atomic E-state index is 0.0692. The van der Waals surface area contributed by atoms with Gasteiger partial charge in [-0.15, -0.1) is 5.10 Å². The molecular weight excluding hydrogens is 248 g/mol. The van der Waals surface area contributed by atoms with Crippen LogP contribution in [-0.4, -0.2) is 10.2 Å². The first kappa shape index (κ1) is 14.0. The molecule has 0 aliphatic heterocycles. The molecule has 1 aromatic heterocycles. The summed E-state index contributed by atoms with van der Waals surface area (Å²) in [6.45, 7) is 7.88. The smallest absolute Gasteiger partial charge is 0.167 e. The summed E-state index contributed by atoms with van der Waals surface area (Å²) in [4.78, 5) is 0. The molecule has 102 valence electrons. The second-order valence-corrected chi connectivity index (χ2v) is 4.97. The lowest BCUT2D eigenvalue weighted by Gasteiger charge is -2.18. The van der Waals surface area contributed by atoms with Crippen molar-refractivity contribution in [3.63, 3.8) is 0 Å². The van der Waals surface area contributed by atoms with Gasteiger partial charge in [-0.2, -0.15) is 10.4 Å². The van der Waals surface area contributed by atoms with E-state index >= 15 is 0 Å². The van der Waals surface area contributed by atoms with E-state index < -0.39 is 0 Å². The lowest BCUT2D eigenvalue weighted by Crippen LogP contribution is -2.12. The average Bonchev–Trinajstić information content (AvgIpc) is 2.43. The summed E-state index contributed by atoms with van der Waals surface area (Å²) < 4.78 is 0. The van der Waals surface area contributed by atoms with Crippen molar-refractivity contribution in [2.24, 2.45) is 0 Å². The molecule has 20 heavy (non-hydrogen) atoms. The Morgan fingerprint density at radius 1 is 1.15 bits per heavy atom. The first-order valence-corrected chi connectivity index (χ1v) is 6.60. The highest BCUT2D eigenvalue weighted by molar-refractivity contribution is 5.56. The number of nitrogens with zero attached hydrogens (tertiary/aromatic N) is 3. The molecular formula is C16H18N4. The van der Waals surface area contributed by atoms with E-state index in [1.165, 1.54) is 11.1 Å². The lowest BCUT2D eigenvalue weighted by molar-refractivity contribution is 0.842. The molecule has 0 saturated heterocycles. The van der Waals surface area contributed by atoms with Gasteiger partial charge in [0.05, 0.1) is 11.7 Å². The van der Waals surface area contributed by atoms with Crippen LogP contribution in [0.5, 0.6) is 0 Å². The van der Waals surface area contributed by atoms with E-state index in [0.717, 1.165) is 11.3 Å². The Hall–Kier alpha value is -2.41. The maximum atomic E-state index is 9.30. The minimum atomic E-state index is 0.0692. The molecule has 1 N–H and O–H groups in total. The zero-order chi connectivity index (χ0) is 14.7. The van der Waals surface area contributed by atoms with Crippen LogP contribution in [0.3, 0.4) is 0 Å². The van der Waals surface area contributed by atoms with E-state index in [9.17, 15) is 5.26 Å². The fourth-order valence-electron chi connectivity index (χ4n) is 2.20. The molecule has 0 fully saturated rings. The average molecular weight is 266 g/mol. The third-order valence-electron chi connectivity index (χ3n) is 3.57. The maximum Gasteiger partial charge on any atom is 0.167 e. The molecule has 1 atom stereocenters. The van der Waals surface area contributed by atoms with Gasteiger partial charge in [0.2, 0.25) is 0 Å². The third kappa shape index (κ3) is 2.62. The normalized spacial score (nSPS) is 11.8. The second-order valence-electron chi connectivity index (χ2n) is 4.97. The molecule has 1 unspecified atom stereocenters. The van der Waals surface area contributed by atoms with Crippen molar-refractivity contribution in [1.82, 2.24) is 10.2 Å². The Bertz CT molecular complexity index is 671. The van der Waals surface area contributed by atoms with E-state index in [4.69, 9.17) is 0 Å². The van der Waals surface area contributed by atoms with Crippen LogP contribution in [-0.2, 0) is 0 Å². The van der Waals surface area contributed by atoms with Crippen molar-refractivity contribution in [1.29, 1.82) is 5.26 Å². The molecule has 1 aromatic carbocycles. The number of aromatic nitrogens is 2. The van der Waals surface area contributed by atoms with Crippen LogP contribution in [0, 0.1) is 32.1 Å². The highest BCUT2D eigenvalue weighted by atomic mass is 15.2. The standard InChI is InChI=1S/C16H18N4/c1-10-7-5-6-8-14(10)13(4)18-16-15(9-17)11(2)12(3)19-20-16/h5-8,13H,1-4H3,(H,18,20). The molecule has 0 radical (unpaired) electrons. The molecule has 0 saturated carbocycles. The van der Waals surface area contributed by atoms with Gasteiger partial charge in [0, 0.05) is 0 Å². The van der Waals surface area contributed by atoms with Crippen molar-refractivity contribution in [2.45, 2.75) is 33.7 Å². The summed E-state index contributed by atoms with van der Waals surface area (Å²) >= 11 is 0. The highest BCUT2D eigenvalue weighted by Gasteiger charge is 2.14. The zero-order valence-electron chi connectivity index (χ0n) is 12.2. The van der Waals surface area contributed by atoms with Crippen molar-refractivity contribution in [2.75, 3.05) is 5.32 Å². The van der Waals surface area contributed by atoms with Crippen LogP contribution in [0.4, 0.5) is 5.82 Å². The Labute approximate surface area is 119 Å². The van der Waals surface area contributed by atoms with E-state index in [2.05, 4.69) is 47.6 Å². The van der Waals surface area contributed by atoms with Crippen molar-refractivity contribution in [3.8, 4) is 6.07 Å². The van der Waals surface area contributed by atoms with Crippen LogP contribution in [0.15, 0.2) is 24.3 Å². The molecule has 2 rings (SSSR count). The number of rotatable bonds is 3. The molecule has 0 aliphatic rings. The van der Waals surface area contributed by atoms with E-state index in [-0.39, 0.29) is 6.04 Å². The Morgan fingerprint density at radius 2 is 1.85 bits per heavy atom. The number of nitrogens with one attached hydrogen (secondary N) is 1. The topological polar surface area (TPSA) is 61.6 Å². The van der Waals surface area contributed by atoms with Gasteiger partial charge in [0.25, 0.3) is 0 Å². The number of benzene rings is 1. The Balaban J connectivity index is 2.34. The molecule has 0 aliphatic carbocycles. The summed E-state index contributed by atoms with van der Waals surface area (Å²) in [7, 11) is 0. The van der Waals surface area contributed by atoms with Gasteiger partial charge < -0.3 is 5.32 Å². The molecule has 4 heteroatoms. The van der Waals surface area contributed by atoms with Crippen LogP contribution < -0.4 is 5.32 Å². The maximum absolute atomic E-state index is 9.30. The van der Waals surface area contributed by atoms with E-state index in [1.54, 1.807) is 0 Å². The molecule has 1 heterocycles. The van der Waals surface area contributed by atoms with Crippen LogP contribution >= 0.6 is 0 Å². The number of hydrogen-bond donors (Lipinski definition) is 1. The zero-order valence-corrected chi connectivity index (χ0v) is 12.2. The fraction of sp³-hybridized carbons (Fsp3) is 0.312. The quantitative estimate of drug-likeness (QED) is 0.924. The SMILES string of the molecule is Cc1ccccc1C(C)Nc1nnc(C)c(C)c1C#N. The molecule has 0 amide bonds. The predicted octanol–water partition coefficient (Wildman–Crippen LogP) is 3.45. The monoisotopic (exact) mass is 266 g/mol. The first-order chi connectivity index (χ1) is 9.54. The van der Waals surface area contributed by atoms with Gasteiger partial charge in [-0.05, 0) is 44.4 Å². The van der Waals surface area contributed by atoms with Crippen LogP contribution in [0.1, 0.15) is 40.9 Å². The predicted molar refractivity (Wildman–Crippen MR) is 79.4 cm³/mol. The molecule has 0 bridgehead atoms. The van der Waals surface area contributed by atoms with Gasteiger partial charge in [0.1, 0.15) is 11.6 Å². The van der Waals surface area contributed by atoms with Gasteiger partial charge >= 0.3 is 0 Å². The van der Waals surface area contributed by atoms with E-state index in [0.29, 0.717) is 11.4 Å². The molecule has 4 nitrogen and oxygen atoms in total. The largest absolute Gasteiger partial charge is 0.361 e. The highest BCUT2D eigenvalue weighted by Crippen LogP contribution is 2.24. The summed E-state index contributed by atoms with van der Waals surface area (Å²) in [6.07, 6.45) is 0. The van der Waals surface area contributed by atoms with Crippen LogP contribution in [0.25, 0.3) is 0 Å². The van der Waals surface area contributed by atoms with Crippen molar-refractivity contribution in [3.05, 3.63) is 52.2 Å². The summed E-state index contributed by atoms with van der Waals surface area (Å²) in [6, 6.07) is 10.5. The number of aryl methyl sites for hydroxylation is 2. The fourth-order valence-corrected chi connectivity index (χ4v) is 2.20. The Kier molecular flexibility index (Phi) is 3.99. The number of nitriles is 1. The Morgan fingerprint density at radius 3 is 2.50 bits per heavy atom. The van der Waals surface area contributed by atoms with Crippen molar-refractivity contribution >= 4 is 5.82 Å². The first-order valence-electron chi connectivity index (χ1n) is 6.60. The summed E-state index contributed by atoms with van der Waals surface area (Å²) in [5, 5.41) is 20.8. The molecule has 0 spiro atoms. The minimum Gasteiger partial charge on any atom is -0.361 e. The number of hydrogen-bond acceptors (Lipinski definition) is 4. The summed E-state index contributed by atoms with van der Waals surface area (Å²) in [5.74, 6) is 0.548. The third-order valence-corrected chi connectivity index (χ3v) is 3.57. The van der Waals surface area contributed by atoms with Gasteiger partial charge in [-0.25, -0.2) is 0 Å². The van der Waals surface area contributed by atoms with Crippen LogP contribution in [0.2, 0.25) is 0 Å². The molecule has 2 aromatic rings. The van der Waals surface area contributed by atoms with Gasteiger partial charge in [-0.3, -0.25) is 0 Å². The van der Waals surface area contributed by atoms with Gasteiger partial charge in [-0.1, -0.05) is 24.3 Å².